The molecule has 0 bridgehead atoms. The van der Waals surface area contributed by atoms with E-state index in [2.05, 4.69) is 48.5 Å². The molecule has 10 rings (SSSR count). The van der Waals surface area contributed by atoms with Crippen molar-refractivity contribution in [1.29, 1.82) is 0 Å². The van der Waals surface area contributed by atoms with E-state index >= 15 is 0 Å². The Hall–Kier alpha value is -6.44. The summed E-state index contributed by atoms with van der Waals surface area (Å²) in [4.78, 5) is 0. The first-order chi connectivity index (χ1) is 28.9. The van der Waals surface area contributed by atoms with Crippen LogP contribution in [0.15, 0.2) is 186 Å². The third-order valence-electron chi connectivity index (χ3n) is 9.24. The molecule has 0 amide bonds. The number of furan rings is 1. The van der Waals surface area contributed by atoms with Crippen molar-refractivity contribution in [2.75, 3.05) is 0 Å². The SMILES string of the molecule is [2H]c1c([2H])c([2H])c(-c2c([2H])c([2H])c3oc4c([2H])c([2H])c([2H])c(-c5c6ccccc6c(-c6ccc7cc(-c8ccccc8)ccc7c6)c6ccccc56)c4c3c2[2H])c([2H])c1[2H]. The molecule has 49 heavy (non-hydrogen) atoms. The summed E-state index contributed by atoms with van der Waals surface area (Å²) in [5.41, 5.74) is 3.66. The van der Waals surface area contributed by atoms with Crippen LogP contribution in [0.5, 0.6) is 0 Å². The van der Waals surface area contributed by atoms with Gasteiger partial charge < -0.3 is 4.42 Å². The predicted octanol–water partition coefficient (Wildman–Crippen LogP) is 13.7. The molecule has 1 heterocycles. The van der Waals surface area contributed by atoms with Crippen molar-refractivity contribution in [1.82, 2.24) is 0 Å². The van der Waals surface area contributed by atoms with Crippen molar-refractivity contribution in [2.45, 2.75) is 0 Å². The second kappa shape index (κ2) is 11.1. The lowest BCUT2D eigenvalue weighted by Gasteiger charge is -2.18. The molecule has 9 aromatic carbocycles. The maximum absolute atomic E-state index is 9.59. The van der Waals surface area contributed by atoms with Crippen LogP contribution in [0.3, 0.4) is 0 Å². The van der Waals surface area contributed by atoms with E-state index in [4.69, 9.17) is 16.8 Å². The minimum Gasteiger partial charge on any atom is -0.456 e. The molecule has 228 valence electrons. The van der Waals surface area contributed by atoms with Crippen LogP contribution < -0.4 is 0 Å². The van der Waals surface area contributed by atoms with E-state index < -0.39 is 66.0 Å². The van der Waals surface area contributed by atoms with Gasteiger partial charge in [0, 0.05) is 10.8 Å². The van der Waals surface area contributed by atoms with Gasteiger partial charge in [-0.25, -0.2) is 0 Å². The molecule has 0 atom stereocenters. The average Bonchev–Trinajstić information content (AvgIpc) is 3.68. The van der Waals surface area contributed by atoms with E-state index in [-0.39, 0.29) is 39.1 Å². The smallest absolute Gasteiger partial charge is 0.136 e. The third kappa shape index (κ3) is 4.47. The largest absolute Gasteiger partial charge is 0.456 e. The second-order valence-corrected chi connectivity index (χ2v) is 12.0. The Bertz CT molecular complexity index is 3420. The summed E-state index contributed by atoms with van der Waals surface area (Å²) in [6.07, 6.45) is 0. The average molecular weight is 634 g/mol. The molecule has 0 aliphatic rings. The van der Waals surface area contributed by atoms with Gasteiger partial charge in [0.1, 0.15) is 11.2 Å². The molecule has 0 saturated heterocycles. The van der Waals surface area contributed by atoms with Crippen molar-refractivity contribution in [2.24, 2.45) is 0 Å². The Labute approximate surface area is 299 Å². The normalized spacial score (nSPS) is 14.8. The molecule has 0 saturated carbocycles. The van der Waals surface area contributed by atoms with Gasteiger partial charge >= 0.3 is 0 Å². The Morgan fingerprint density at radius 2 is 1.02 bits per heavy atom. The second-order valence-electron chi connectivity index (χ2n) is 12.0. The zero-order valence-electron chi connectivity index (χ0n) is 36.9. The molecule has 0 fully saturated rings. The Morgan fingerprint density at radius 3 is 1.73 bits per heavy atom. The molecular weight excluding hydrogens is 593 g/mol. The van der Waals surface area contributed by atoms with E-state index in [1.54, 1.807) is 0 Å². The fourth-order valence-corrected chi connectivity index (χ4v) is 7.06. The summed E-state index contributed by atoms with van der Waals surface area (Å²) in [5, 5.41) is 5.27. The van der Waals surface area contributed by atoms with Gasteiger partial charge in [-0.3, -0.25) is 0 Å². The van der Waals surface area contributed by atoms with Crippen LogP contribution in [-0.4, -0.2) is 0 Å². The van der Waals surface area contributed by atoms with Gasteiger partial charge in [0.25, 0.3) is 0 Å². The molecule has 10 aromatic rings. The third-order valence-corrected chi connectivity index (χ3v) is 9.24. The summed E-state index contributed by atoms with van der Waals surface area (Å²) in [5.74, 6) is 0. The van der Waals surface area contributed by atoms with Crippen LogP contribution in [0, 0.1) is 0 Å². The van der Waals surface area contributed by atoms with Gasteiger partial charge in [0.05, 0.1) is 15.1 Å². The zero-order valence-corrected chi connectivity index (χ0v) is 25.9. The molecule has 0 N–H and O–H groups in total. The number of hydrogen-bond donors (Lipinski definition) is 0. The first-order valence-electron chi connectivity index (χ1n) is 21.4. The van der Waals surface area contributed by atoms with Gasteiger partial charge in [-0.15, -0.1) is 0 Å². The van der Waals surface area contributed by atoms with Crippen molar-refractivity contribution in [3.8, 4) is 44.5 Å². The summed E-state index contributed by atoms with van der Waals surface area (Å²) < 4.78 is 103. The van der Waals surface area contributed by atoms with Crippen LogP contribution >= 0.6 is 0 Å². The van der Waals surface area contributed by atoms with Crippen LogP contribution in [-0.2, 0) is 0 Å². The quantitative estimate of drug-likeness (QED) is 0.176. The number of hydrogen-bond acceptors (Lipinski definition) is 1. The lowest BCUT2D eigenvalue weighted by atomic mass is 9.84. The first-order valence-corrected chi connectivity index (χ1v) is 15.9. The van der Waals surface area contributed by atoms with Crippen LogP contribution in [0.25, 0.3) is 98.8 Å². The van der Waals surface area contributed by atoms with Crippen LogP contribution in [0.4, 0.5) is 0 Å². The van der Waals surface area contributed by atoms with Gasteiger partial charge in [-0.1, -0.05) is 151 Å². The van der Waals surface area contributed by atoms with E-state index in [0.717, 1.165) is 43.8 Å². The molecule has 0 unspecified atom stereocenters. The number of fused-ring (bicyclic) bond motifs is 6. The number of rotatable bonds is 4. The van der Waals surface area contributed by atoms with E-state index in [9.17, 15) is 2.74 Å². The molecule has 1 heteroatoms. The standard InChI is InChI=1S/C48H30O/c1-3-12-31(13-4-1)33-22-23-35-29-37(25-24-34(35)28-33)46-38-16-7-9-18-40(38)47(41-19-10-8-17-39(41)46)42-20-11-21-45-48(42)43-30-36(26-27-44(43)49-45)32-14-5-2-6-15-32/h1-30H/i2D,5D,6D,11D,14D,15D,20D,21D,26D,27D,30D. The minimum atomic E-state index is -0.656. The Kier molecular flexibility index (Phi) is 4.25. The molecule has 0 aliphatic carbocycles. The Morgan fingerprint density at radius 1 is 0.388 bits per heavy atom. The highest BCUT2D eigenvalue weighted by Crippen LogP contribution is 2.47. The fourth-order valence-electron chi connectivity index (χ4n) is 7.06. The van der Waals surface area contributed by atoms with Crippen LogP contribution in [0.2, 0.25) is 0 Å². The first kappa shape index (κ1) is 18.8. The highest BCUT2D eigenvalue weighted by molar-refractivity contribution is 6.26. The minimum absolute atomic E-state index is 0.0635. The highest BCUT2D eigenvalue weighted by Gasteiger charge is 2.20. The lowest BCUT2D eigenvalue weighted by molar-refractivity contribution is 0.669. The van der Waals surface area contributed by atoms with Crippen molar-refractivity contribution in [3.63, 3.8) is 0 Å². The molecule has 0 spiro atoms. The van der Waals surface area contributed by atoms with Crippen molar-refractivity contribution < 1.29 is 19.5 Å². The lowest BCUT2D eigenvalue weighted by Crippen LogP contribution is -1.91. The maximum atomic E-state index is 9.59. The van der Waals surface area contributed by atoms with E-state index in [1.807, 2.05) is 66.7 Å². The van der Waals surface area contributed by atoms with Gasteiger partial charge in [-0.05, 0) is 107 Å². The summed E-state index contributed by atoms with van der Waals surface area (Å²) in [7, 11) is 0. The zero-order chi connectivity index (χ0) is 41.9. The predicted molar refractivity (Wildman–Crippen MR) is 208 cm³/mol. The van der Waals surface area contributed by atoms with Gasteiger partial charge in [-0.2, -0.15) is 0 Å². The summed E-state index contributed by atoms with van der Waals surface area (Å²) in [6, 6.07) is 32.5. The van der Waals surface area contributed by atoms with Gasteiger partial charge in [0.15, 0.2) is 0 Å². The summed E-state index contributed by atoms with van der Waals surface area (Å²) in [6.45, 7) is 0. The maximum Gasteiger partial charge on any atom is 0.136 e. The summed E-state index contributed by atoms with van der Waals surface area (Å²) >= 11 is 0. The molecular formula is C48H30O. The van der Waals surface area contributed by atoms with E-state index in [1.165, 1.54) is 0 Å². The van der Waals surface area contributed by atoms with E-state index in [0.29, 0.717) is 16.3 Å². The topological polar surface area (TPSA) is 13.1 Å². The molecule has 1 aromatic heterocycles. The molecule has 1 nitrogen and oxygen atoms in total. The van der Waals surface area contributed by atoms with Crippen molar-refractivity contribution >= 4 is 54.3 Å². The van der Waals surface area contributed by atoms with Crippen molar-refractivity contribution in [3.05, 3.63) is 182 Å². The number of benzene rings is 9. The Balaban J connectivity index is 1.31. The monoisotopic (exact) mass is 633 g/mol. The van der Waals surface area contributed by atoms with Crippen LogP contribution in [0.1, 0.15) is 15.1 Å². The molecule has 0 radical (unpaired) electrons. The highest BCUT2D eigenvalue weighted by atomic mass is 16.3. The fraction of sp³-hybridized carbons (Fsp3) is 0. The molecule has 0 aliphatic heterocycles. The van der Waals surface area contributed by atoms with Gasteiger partial charge in [0.2, 0.25) is 0 Å².